The number of hydrogen-bond donors (Lipinski definition) is 1. The highest BCUT2D eigenvalue weighted by Crippen LogP contribution is 2.57. The summed E-state index contributed by atoms with van der Waals surface area (Å²) in [7, 11) is 3.27. The average molecular weight is 434 g/mol. The highest BCUT2D eigenvalue weighted by molar-refractivity contribution is 8.15. The van der Waals surface area contributed by atoms with Gasteiger partial charge in [-0.05, 0) is 24.3 Å². The number of thioether (sulfide) groups is 1. The Kier molecular flexibility index (Phi) is 5.42. The van der Waals surface area contributed by atoms with Gasteiger partial charge in [-0.25, -0.2) is 13.6 Å². The van der Waals surface area contributed by atoms with Gasteiger partial charge in [0, 0.05) is 37.6 Å². The molecule has 2 aliphatic rings. The maximum Gasteiger partial charge on any atom is 0.341 e. The number of carbonyl (C=O) groups is 1. The van der Waals surface area contributed by atoms with Gasteiger partial charge in [0.2, 0.25) is 0 Å². The zero-order chi connectivity index (χ0) is 21.5. The highest BCUT2D eigenvalue weighted by Gasteiger charge is 2.57. The highest BCUT2D eigenvalue weighted by atomic mass is 32.2. The lowest BCUT2D eigenvalue weighted by Gasteiger charge is -2.45. The van der Waals surface area contributed by atoms with Crippen LogP contribution < -0.4 is 10.5 Å². The number of urea groups is 1. The molecule has 2 atom stereocenters. The van der Waals surface area contributed by atoms with E-state index in [0.29, 0.717) is 25.3 Å². The molecule has 0 aromatic heterocycles. The van der Waals surface area contributed by atoms with Gasteiger partial charge < -0.3 is 15.4 Å². The summed E-state index contributed by atoms with van der Waals surface area (Å²) < 4.78 is 34.5. The molecule has 3 N–H and O–H groups in total. The molecule has 2 aliphatic heterocycles. The molecular weight excluding hydrogens is 410 g/mol. The standard InChI is InChI=1S/C21H22F2N4O2S/c1-26(2)20(28)27-21(30-19(25-27)15-11-14(22)7-8-17(15)23)13(9-10-24)12-29-18-6-4-3-5-16(18)21/h3-8,11,13H,9-10,12,24H2,1-2H3/p+1. The molecule has 9 heteroatoms. The zero-order valence-electron chi connectivity index (χ0n) is 16.8. The fourth-order valence-electron chi connectivity index (χ4n) is 3.88. The third-order valence-corrected chi connectivity index (χ3v) is 6.83. The van der Waals surface area contributed by atoms with Crippen molar-refractivity contribution in [2.24, 2.45) is 11.0 Å². The number of rotatable bonds is 3. The zero-order valence-corrected chi connectivity index (χ0v) is 17.6. The number of halogens is 2. The number of carbonyl (C=O) groups excluding carboxylic acids is 1. The van der Waals surface area contributed by atoms with Crippen LogP contribution in [0.4, 0.5) is 13.6 Å². The van der Waals surface area contributed by atoms with Crippen LogP contribution in [0.25, 0.3) is 0 Å². The van der Waals surface area contributed by atoms with E-state index < -0.39 is 16.5 Å². The van der Waals surface area contributed by atoms with E-state index >= 15 is 0 Å². The van der Waals surface area contributed by atoms with E-state index in [1.807, 2.05) is 24.3 Å². The van der Waals surface area contributed by atoms with Crippen molar-refractivity contribution >= 4 is 22.8 Å². The number of hydrazone groups is 1. The molecule has 2 heterocycles. The predicted octanol–water partition coefficient (Wildman–Crippen LogP) is 2.85. The van der Waals surface area contributed by atoms with E-state index in [4.69, 9.17) is 4.74 Å². The van der Waals surface area contributed by atoms with E-state index in [1.54, 1.807) is 14.1 Å². The average Bonchev–Trinajstić information content (AvgIpc) is 3.12. The number of nitrogens with zero attached hydrogens (tertiary/aromatic N) is 3. The second-order valence-corrected chi connectivity index (χ2v) is 8.68. The second-order valence-electron chi connectivity index (χ2n) is 7.46. The van der Waals surface area contributed by atoms with Crippen LogP contribution in [-0.2, 0) is 4.87 Å². The van der Waals surface area contributed by atoms with Gasteiger partial charge in [0.25, 0.3) is 0 Å². The van der Waals surface area contributed by atoms with E-state index in [0.717, 1.165) is 23.8 Å². The van der Waals surface area contributed by atoms with Crippen LogP contribution in [-0.4, -0.2) is 48.2 Å². The van der Waals surface area contributed by atoms with E-state index in [9.17, 15) is 13.6 Å². The van der Waals surface area contributed by atoms with Crippen molar-refractivity contribution in [2.75, 3.05) is 27.2 Å². The maximum absolute atomic E-state index is 14.6. The minimum absolute atomic E-state index is 0.0331. The molecular formula is C21H23F2N4O2S+. The Morgan fingerprint density at radius 1 is 1.33 bits per heavy atom. The van der Waals surface area contributed by atoms with Crippen molar-refractivity contribution in [1.82, 2.24) is 9.91 Å². The van der Waals surface area contributed by atoms with Gasteiger partial charge in [-0.2, -0.15) is 10.1 Å². The fraction of sp³-hybridized carbons (Fsp3) is 0.333. The number of ether oxygens (including phenoxy) is 1. The number of para-hydroxylation sites is 1. The summed E-state index contributed by atoms with van der Waals surface area (Å²) in [4.78, 5) is 13.7. The lowest BCUT2D eigenvalue weighted by Crippen LogP contribution is -2.57. The monoisotopic (exact) mass is 433 g/mol. The molecule has 0 aliphatic carbocycles. The fourth-order valence-corrected chi connectivity index (χ4v) is 5.40. The first-order chi connectivity index (χ1) is 14.4. The van der Waals surface area contributed by atoms with Crippen molar-refractivity contribution < 1.29 is 24.0 Å². The molecule has 30 heavy (non-hydrogen) atoms. The largest absolute Gasteiger partial charge is 0.493 e. The molecule has 2 amide bonds. The van der Waals surface area contributed by atoms with Crippen molar-refractivity contribution in [2.45, 2.75) is 11.3 Å². The summed E-state index contributed by atoms with van der Waals surface area (Å²) in [5, 5.41) is 6.19. The van der Waals surface area contributed by atoms with Gasteiger partial charge in [-0.1, -0.05) is 30.0 Å². The Bertz CT molecular complexity index is 1020. The predicted molar refractivity (Wildman–Crippen MR) is 111 cm³/mol. The van der Waals surface area contributed by atoms with E-state index in [2.05, 4.69) is 10.8 Å². The first-order valence-electron chi connectivity index (χ1n) is 9.64. The lowest BCUT2D eigenvalue weighted by molar-refractivity contribution is -0.371. The molecule has 2 aromatic rings. The molecule has 2 aromatic carbocycles. The normalized spacial score (nSPS) is 22.5. The molecule has 2 unspecified atom stereocenters. The van der Waals surface area contributed by atoms with Crippen LogP contribution in [0.1, 0.15) is 17.5 Å². The Morgan fingerprint density at radius 2 is 2.10 bits per heavy atom. The first-order valence-corrected chi connectivity index (χ1v) is 10.5. The van der Waals surface area contributed by atoms with Crippen LogP contribution in [0, 0.1) is 17.6 Å². The van der Waals surface area contributed by atoms with Gasteiger partial charge in [-0.3, -0.25) is 0 Å². The van der Waals surface area contributed by atoms with Crippen LogP contribution in [0.15, 0.2) is 47.6 Å². The Morgan fingerprint density at radius 3 is 2.83 bits per heavy atom. The molecule has 1 spiro atoms. The van der Waals surface area contributed by atoms with Gasteiger partial charge in [-0.15, -0.1) is 0 Å². The second kappa shape index (κ2) is 7.88. The van der Waals surface area contributed by atoms with Crippen LogP contribution in [0.2, 0.25) is 0 Å². The lowest BCUT2D eigenvalue weighted by atomic mass is 9.87. The third-order valence-electron chi connectivity index (χ3n) is 5.30. The smallest absolute Gasteiger partial charge is 0.341 e. The number of amides is 2. The minimum atomic E-state index is -0.942. The molecule has 0 radical (unpaired) electrons. The summed E-state index contributed by atoms with van der Waals surface area (Å²) in [5.41, 5.74) is 4.79. The Hall–Kier alpha value is -2.65. The molecule has 6 nitrogen and oxygen atoms in total. The van der Waals surface area contributed by atoms with Gasteiger partial charge in [0.1, 0.15) is 22.4 Å². The molecule has 0 fully saturated rings. The SMILES string of the molecule is CN(C)C(=O)N1N=C(c2cc(F)ccc2F)SC12c1ccccc1OCC2CC[NH3+]. The minimum Gasteiger partial charge on any atom is -0.493 e. The van der Waals surface area contributed by atoms with Crippen molar-refractivity contribution in [3.63, 3.8) is 0 Å². The van der Waals surface area contributed by atoms with Crippen molar-refractivity contribution in [3.8, 4) is 5.75 Å². The first kappa shape index (κ1) is 20.6. The van der Waals surface area contributed by atoms with Crippen LogP contribution >= 0.6 is 11.8 Å². The number of fused-ring (bicyclic) bond motifs is 2. The van der Waals surface area contributed by atoms with E-state index in [1.165, 1.54) is 21.7 Å². The molecule has 0 saturated carbocycles. The van der Waals surface area contributed by atoms with Crippen molar-refractivity contribution in [3.05, 3.63) is 65.2 Å². The Labute approximate surface area is 177 Å². The number of hydrogen-bond acceptors (Lipinski definition) is 4. The van der Waals surface area contributed by atoms with Crippen molar-refractivity contribution in [1.29, 1.82) is 0 Å². The summed E-state index contributed by atoms with van der Waals surface area (Å²) in [6, 6.07) is 10.4. The summed E-state index contributed by atoms with van der Waals surface area (Å²) in [6.07, 6.45) is 0.674. The van der Waals surface area contributed by atoms with E-state index in [-0.39, 0.29) is 22.6 Å². The quantitative estimate of drug-likeness (QED) is 0.809. The maximum atomic E-state index is 14.6. The third kappa shape index (κ3) is 3.22. The van der Waals surface area contributed by atoms with Gasteiger partial charge >= 0.3 is 6.03 Å². The van der Waals surface area contributed by atoms with Crippen LogP contribution in [0.3, 0.4) is 0 Å². The number of quaternary nitrogens is 1. The molecule has 158 valence electrons. The summed E-state index contributed by atoms with van der Waals surface area (Å²) in [6.45, 7) is 0.997. The summed E-state index contributed by atoms with van der Waals surface area (Å²) >= 11 is 1.27. The Balaban J connectivity index is 1.92. The summed E-state index contributed by atoms with van der Waals surface area (Å²) in [5.74, 6) is -0.650. The molecule has 0 saturated heterocycles. The van der Waals surface area contributed by atoms with Gasteiger partial charge in [0.05, 0.1) is 13.2 Å². The van der Waals surface area contributed by atoms with Gasteiger partial charge in [0.15, 0.2) is 4.87 Å². The molecule has 4 rings (SSSR count). The topological polar surface area (TPSA) is 72.8 Å². The number of benzene rings is 2. The van der Waals surface area contributed by atoms with Crippen LogP contribution in [0.5, 0.6) is 5.75 Å². The molecule has 0 bridgehead atoms.